The lowest BCUT2D eigenvalue weighted by molar-refractivity contribution is -0.140. The van der Waals surface area contributed by atoms with Crippen LogP contribution in [0.5, 0.6) is 0 Å². The van der Waals surface area contributed by atoms with Crippen LogP contribution in [0.15, 0.2) is 29.5 Å². The molecule has 9 heteroatoms. The van der Waals surface area contributed by atoms with Crippen molar-refractivity contribution in [3.8, 4) is 0 Å². The molecule has 0 unspecified atom stereocenters. The first kappa shape index (κ1) is 18.4. The van der Waals surface area contributed by atoms with Crippen molar-refractivity contribution in [1.82, 2.24) is 0 Å². The predicted molar refractivity (Wildman–Crippen MR) is 82.1 cm³/mol. The number of nitrogens with zero attached hydrogens (tertiary/aromatic N) is 1. The van der Waals surface area contributed by atoms with Crippen LogP contribution >= 0.6 is 0 Å². The molecule has 2 rings (SSSR count). The average molecular weight is 353 g/mol. The van der Waals surface area contributed by atoms with Gasteiger partial charge < -0.3 is 23.8 Å². The van der Waals surface area contributed by atoms with Gasteiger partial charge >= 0.3 is 17.9 Å². The maximum atomic E-state index is 13.8. The Morgan fingerprint density at radius 2 is 1.68 bits per heavy atom. The molecule has 0 fully saturated rings. The Kier molecular flexibility index (Phi) is 5.71. The zero-order valence-corrected chi connectivity index (χ0v) is 13.8. The molecule has 0 bridgehead atoms. The van der Waals surface area contributed by atoms with Gasteiger partial charge in [0, 0.05) is 0 Å². The number of rotatable bonds is 4. The molecule has 0 N–H and O–H groups in total. The number of methoxy groups -OCH3 is 3. The Morgan fingerprint density at radius 3 is 2.28 bits per heavy atom. The van der Waals surface area contributed by atoms with Crippen LogP contribution in [-0.4, -0.2) is 52.6 Å². The van der Waals surface area contributed by atoms with Crippen LogP contribution in [0.3, 0.4) is 0 Å². The Morgan fingerprint density at radius 1 is 1.04 bits per heavy atom. The molecule has 0 radical (unpaired) electrons. The molecule has 1 aliphatic heterocycles. The minimum atomic E-state index is -0.858. The lowest BCUT2D eigenvalue weighted by atomic mass is 10.1. The second-order valence-corrected chi connectivity index (χ2v) is 4.87. The van der Waals surface area contributed by atoms with Crippen molar-refractivity contribution in [2.75, 3.05) is 39.6 Å². The number of esters is 3. The quantitative estimate of drug-likeness (QED) is 0.585. The smallest absolute Gasteiger partial charge is 0.355 e. The number of carbonyl (C=O) groups is 3. The highest BCUT2D eigenvalue weighted by molar-refractivity contribution is 6.05. The van der Waals surface area contributed by atoms with E-state index in [-0.39, 0.29) is 35.9 Å². The zero-order chi connectivity index (χ0) is 18.6. The molecule has 1 heterocycles. The predicted octanol–water partition coefficient (Wildman–Crippen LogP) is 1.01. The molecular formula is C16H16FNO7. The fourth-order valence-corrected chi connectivity index (χ4v) is 2.34. The van der Waals surface area contributed by atoms with E-state index in [1.54, 1.807) is 0 Å². The van der Waals surface area contributed by atoms with Crippen molar-refractivity contribution in [2.24, 2.45) is 0 Å². The molecule has 0 amide bonds. The largest absolute Gasteiger partial charge is 0.466 e. The molecule has 1 aromatic rings. The van der Waals surface area contributed by atoms with Gasteiger partial charge in [0.25, 0.3) is 0 Å². The molecule has 25 heavy (non-hydrogen) atoms. The molecule has 0 saturated heterocycles. The zero-order valence-electron chi connectivity index (χ0n) is 13.8. The first-order chi connectivity index (χ1) is 11.9. The maximum Gasteiger partial charge on any atom is 0.355 e. The van der Waals surface area contributed by atoms with Gasteiger partial charge in [-0.1, -0.05) is 0 Å². The van der Waals surface area contributed by atoms with Gasteiger partial charge in [0.2, 0.25) is 0 Å². The molecule has 8 nitrogen and oxygen atoms in total. The van der Waals surface area contributed by atoms with Crippen molar-refractivity contribution in [1.29, 1.82) is 0 Å². The summed E-state index contributed by atoms with van der Waals surface area (Å²) in [5.74, 6) is -3.06. The van der Waals surface area contributed by atoms with Gasteiger partial charge in [0.15, 0.2) is 0 Å². The number of benzene rings is 1. The van der Waals surface area contributed by atoms with Crippen LogP contribution in [0.4, 0.5) is 10.1 Å². The van der Waals surface area contributed by atoms with Gasteiger partial charge in [-0.3, -0.25) is 0 Å². The van der Waals surface area contributed by atoms with Crippen LogP contribution in [0, 0.1) is 5.82 Å². The van der Waals surface area contributed by atoms with Gasteiger partial charge in [0.1, 0.15) is 18.2 Å². The molecule has 0 aromatic heterocycles. The number of hydrogen-bond acceptors (Lipinski definition) is 8. The van der Waals surface area contributed by atoms with Crippen LogP contribution in [0.2, 0.25) is 0 Å². The maximum absolute atomic E-state index is 13.8. The van der Waals surface area contributed by atoms with Gasteiger partial charge in [-0.15, -0.1) is 0 Å². The fourth-order valence-electron chi connectivity index (χ4n) is 2.34. The van der Waals surface area contributed by atoms with E-state index in [4.69, 9.17) is 9.47 Å². The summed E-state index contributed by atoms with van der Waals surface area (Å²) in [5.41, 5.74) is -0.328. The van der Waals surface area contributed by atoms with E-state index in [1.807, 2.05) is 0 Å². The molecule has 1 aromatic carbocycles. The highest BCUT2D eigenvalue weighted by Crippen LogP contribution is 2.30. The number of anilines is 1. The highest BCUT2D eigenvalue weighted by atomic mass is 19.1. The van der Waals surface area contributed by atoms with Gasteiger partial charge in [0.05, 0.1) is 44.8 Å². The van der Waals surface area contributed by atoms with Crippen molar-refractivity contribution in [2.45, 2.75) is 0 Å². The van der Waals surface area contributed by atoms with Gasteiger partial charge in [-0.2, -0.15) is 0 Å². The van der Waals surface area contributed by atoms with Crippen LogP contribution in [0.1, 0.15) is 10.4 Å². The Bertz CT molecular complexity index is 744. The van der Waals surface area contributed by atoms with Crippen LogP contribution in [-0.2, 0) is 28.5 Å². The summed E-state index contributed by atoms with van der Waals surface area (Å²) in [6.45, 7) is -0.408. The monoisotopic (exact) mass is 353 g/mol. The average Bonchev–Trinajstić information content (AvgIpc) is 2.65. The first-order valence-corrected chi connectivity index (χ1v) is 7.07. The van der Waals surface area contributed by atoms with Gasteiger partial charge in [-0.05, 0) is 18.2 Å². The Balaban J connectivity index is 2.67. The SMILES string of the molecule is COC(=O)C1=C(C(=O)OC)N(c2cc(F)ccc2C(=O)OC)COC1. The normalized spacial score (nSPS) is 14.2. The number of ether oxygens (including phenoxy) is 4. The topological polar surface area (TPSA) is 91.4 Å². The van der Waals surface area contributed by atoms with E-state index >= 15 is 0 Å². The van der Waals surface area contributed by atoms with Crippen molar-refractivity contribution >= 4 is 23.6 Å². The van der Waals surface area contributed by atoms with E-state index < -0.39 is 23.7 Å². The fraction of sp³-hybridized carbons (Fsp3) is 0.312. The Hall–Kier alpha value is -2.94. The summed E-state index contributed by atoms with van der Waals surface area (Å²) in [4.78, 5) is 37.3. The van der Waals surface area contributed by atoms with Gasteiger partial charge in [-0.25, -0.2) is 18.8 Å². The third-order valence-corrected chi connectivity index (χ3v) is 3.49. The van der Waals surface area contributed by atoms with Crippen molar-refractivity contribution in [3.05, 3.63) is 40.8 Å². The van der Waals surface area contributed by atoms with E-state index in [2.05, 4.69) is 9.47 Å². The third-order valence-electron chi connectivity index (χ3n) is 3.49. The van der Waals surface area contributed by atoms with Crippen LogP contribution < -0.4 is 4.90 Å². The third kappa shape index (κ3) is 3.61. The number of carbonyl (C=O) groups excluding carboxylic acids is 3. The molecule has 0 spiro atoms. The van der Waals surface area contributed by atoms with E-state index in [0.29, 0.717) is 0 Å². The second-order valence-electron chi connectivity index (χ2n) is 4.87. The molecule has 0 aliphatic carbocycles. The van der Waals surface area contributed by atoms with E-state index in [0.717, 1.165) is 31.3 Å². The first-order valence-electron chi connectivity index (χ1n) is 7.07. The molecule has 1 aliphatic rings. The number of halogens is 1. The van der Waals surface area contributed by atoms with Crippen molar-refractivity contribution in [3.63, 3.8) is 0 Å². The summed E-state index contributed by atoms with van der Waals surface area (Å²) in [6, 6.07) is 3.31. The standard InChI is InChI=1S/C16H16FNO7/c1-22-14(19)10-5-4-9(17)6-12(10)18-8-25-7-11(15(20)23-2)13(18)16(21)24-3/h4-6H,7-8H2,1-3H3. The minimum absolute atomic E-state index is 0.00615. The molecule has 0 atom stereocenters. The van der Waals surface area contributed by atoms with E-state index in [1.165, 1.54) is 13.2 Å². The van der Waals surface area contributed by atoms with Crippen LogP contribution in [0.25, 0.3) is 0 Å². The van der Waals surface area contributed by atoms with E-state index in [9.17, 15) is 18.8 Å². The summed E-state index contributed by atoms with van der Waals surface area (Å²) in [7, 11) is 3.44. The highest BCUT2D eigenvalue weighted by Gasteiger charge is 2.34. The minimum Gasteiger partial charge on any atom is -0.466 e. The second kappa shape index (κ2) is 7.75. The number of hydrogen-bond donors (Lipinski definition) is 0. The molecule has 134 valence electrons. The molecule has 0 saturated carbocycles. The summed E-state index contributed by atoms with van der Waals surface area (Å²) in [5, 5.41) is 0. The lowest BCUT2D eigenvalue weighted by Gasteiger charge is -2.32. The molecular weight excluding hydrogens is 337 g/mol. The van der Waals surface area contributed by atoms with Crippen molar-refractivity contribution < 1.29 is 37.7 Å². The summed E-state index contributed by atoms with van der Waals surface area (Å²) >= 11 is 0. The lowest BCUT2D eigenvalue weighted by Crippen LogP contribution is -2.39. The summed E-state index contributed by atoms with van der Waals surface area (Å²) in [6.07, 6.45) is 0. The Labute approximate surface area is 142 Å². The summed E-state index contributed by atoms with van der Waals surface area (Å²) < 4.78 is 33.1.